The average Bonchev–Trinajstić information content (AvgIpc) is 3.28. The van der Waals surface area contributed by atoms with E-state index in [4.69, 9.17) is 4.42 Å². The highest BCUT2D eigenvalue weighted by Gasteiger charge is 2.15. The lowest BCUT2D eigenvalue weighted by Gasteiger charge is -2.08. The van der Waals surface area contributed by atoms with E-state index in [9.17, 15) is 14.0 Å². The average molecular weight is 416 g/mol. The highest BCUT2D eigenvalue weighted by Crippen LogP contribution is 2.26. The summed E-state index contributed by atoms with van der Waals surface area (Å²) in [5, 5.41) is 8.16. The standard InChI is InChI=1S/C23H17FN4O3/c1-14-6-2-3-7-17(14)23-28-27-22(31-23)16-12-10-15(11-13-16)20(29)25-26-21(30)18-8-4-5-9-19(18)24/h2-13H,1H3,(H,25,29)(H,26,30). The summed E-state index contributed by atoms with van der Waals surface area (Å²) < 4.78 is 19.4. The van der Waals surface area contributed by atoms with Gasteiger partial charge in [-0.05, 0) is 55.0 Å². The summed E-state index contributed by atoms with van der Waals surface area (Å²) in [5.74, 6) is -1.26. The van der Waals surface area contributed by atoms with Gasteiger partial charge in [0.15, 0.2) is 0 Å². The zero-order valence-corrected chi connectivity index (χ0v) is 16.4. The van der Waals surface area contributed by atoms with E-state index in [1.165, 1.54) is 18.2 Å². The number of rotatable bonds is 4. The van der Waals surface area contributed by atoms with E-state index in [0.29, 0.717) is 17.3 Å². The molecule has 0 radical (unpaired) electrons. The Balaban J connectivity index is 1.43. The van der Waals surface area contributed by atoms with Gasteiger partial charge in [-0.3, -0.25) is 20.4 Å². The van der Waals surface area contributed by atoms with E-state index in [0.717, 1.165) is 17.2 Å². The van der Waals surface area contributed by atoms with Gasteiger partial charge in [0.05, 0.1) is 5.56 Å². The van der Waals surface area contributed by atoms with E-state index < -0.39 is 17.6 Å². The van der Waals surface area contributed by atoms with Crippen LogP contribution in [-0.4, -0.2) is 22.0 Å². The fraction of sp³-hybridized carbons (Fsp3) is 0.0435. The molecule has 31 heavy (non-hydrogen) atoms. The van der Waals surface area contributed by atoms with Crippen LogP contribution in [0.3, 0.4) is 0 Å². The lowest BCUT2D eigenvalue weighted by molar-refractivity contribution is 0.0844. The largest absolute Gasteiger partial charge is 0.416 e. The molecular formula is C23H17FN4O3. The summed E-state index contributed by atoms with van der Waals surface area (Å²) >= 11 is 0. The number of hydrogen-bond donors (Lipinski definition) is 2. The molecule has 8 heteroatoms. The second kappa shape index (κ2) is 8.58. The second-order valence-electron chi connectivity index (χ2n) is 6.69. The van der Waals surface area contributed by atoms with Crippen molar-refractivity contribution in [3.63, 3.8) is 0 Å². The molecule has 1 heterocycles. The number of amides is 2. The van der Waals surface area contributed by atoms with E-state index in [1.54, 1.807) is 24.3 Å². The molecule has 0 aliphatic carbocycles. The van der Waals surface area contributed by atoms with Crippen molar-refractivity contribution in [1.29, 1.82) is 0 Å². The van der Waals surface area contributed by atoms with Crippen LogP contribution < -0.4 is 10.9 Å². The monoisotopic (exact) mass is 416 g/mol. The topological polar surface area (TPSA) is 97.1 Å². The second-order valence-corrected chi connectivity index (χ2v) is 6.69. The highest BCUT2D eigenvalue weighted by molar-refractivity contribution is 5.99. The van der Waals surface area contributed by atoms with Gasteiger partial charge in [0.2, 0.25) is 11.8 Å². The minimum absolute atomic E-state index is 0.168. The molecule has 0 atom stereocenters. The molecule has 0 saturated heterocycles. The molecule has 0 bridgehead atoms. The van der Waals surface area contributed by atoms with Gasteiger partial charge in [-0.2, -0.15) is 0 Å². The molecule has 2 amide bonds. The molecule has 154 valence electrons. The maximum atomic E-state index is 13.6. The van der Waals surface area contributed by atoms with Gasteiger partial charge in [0, 0.05) is 16.7 Å². The number of nitrogens with one attached hydrogen (secondary N) is 2. The van der Waals surface area contributed by atoms with Crippen LogP contribution in [0.25, 0.3) is 22.9 Å². The molecule has 0 saturated carbocycles. The third-order valence-electron chi connectivity index (χ3n) is 4.60. The molecule has 1 aromatic heterocycles. The van der Waals surface area contributed by atoms with Crippen molar-refractivity contribution in [3.05, 3.63) is 95.3 Å². The first kappa shape index (κ1) is 20.0. The van der Waals surface area contributed by atoms with E-state index in [2.05, 4.69) is 21.0 Å². The minimum Gasteiger partial charge on any atom is -0.416 e. The van der Waals surface area contributed by atoms with Crippen molar-refractivity contribution in [3.8, 4) is 22.9 Å². The van der Waals surface area contributed by atoms with Gasteiger partial charge < -0.3 is 4.42 Å². The molecule has 4 rings (SSSR count). The Hall–Kier alpha value is -4.33. The van der Waals surface area contributed by atoms with Gasteiger partial charge in [0.25, 0.3) is 11.8 Å². The number of halogens is 1. The molecule has 0 spiro atoms. The summed E-state index contributed by atoms with van der Waals surface area (Å²) in [6.45, 7) is 1.96. The molecule has 0 fully saturated rings. The fourth-order valence-corrected chi connectivity index (χ4v) is 2.92. The van der Waals surface area contributed by atoms with Crippen LogP contribution in [-0.2, 0) is 0 Å². The van der Waals surface area contributed by atoms with Gasteiger partial charge in [-0.25, -0.2) is 4.39 Å². The SMILES string of the molecule is Cc1ccccc1-c1nnc(-c2ccc(C(=O)NNC(=O)c3ccccc3F)cc2)o1. The lowest BCUT2D eigenvalue weighted by Crippen LogP contribution is -2.41. The number of carbonyl (C=O) groups excluding carboxylic acids is 2. The molecule has 7 nitrogen and oxygen atoms in total. The van der Waals surface area contributed by atoms with Crippen molar-refractivity contribution in [1.82, 2.24) is 21.0 Å². The van der Waals surface area contributed by atoms with Crippen LogP contribution in [0.1, 0.15) is 26.3 Å². The highest BCUT2D eigenvalue weighted by atomic mass is 19.1. The predicted octanol–water partition coefficient (Wildman–Crippen LogP) is 3.93. The number of aromatic nitrogens is 2. The Morgan fingerprint density at radius 2 is 1.45 bits per heavy atom. The Kier molecular flexibility index (Phi) is 5.53. The van der Waals surface area contributed by atoms with Gasteiger partial charge in [0.1, 0.15) is 5.82 Å². The first-order valence-electron chi connectivity index (χ1n) is 9.38. The Labute approximate surface area is 176 Å². The van der Waals surface area contributed by atoms with Gasteiger partial charge >= 0.3 is 0 Å². The molecule has 0 aliphatic heterocycles. The molecule has 4 aromatic rings. The minimum atomic E-state index is -0.752. The van der Waals surface area contributed by atoms with Crippen LogP contribution in [0, 0.1) is 12.7 Å². The number of aryl methyl sites for hydroxylation is 1. The van der Waals surface area contributed by atoms with Crippen molar-refractivity contribution in [2.45, 2.75) is 6.92 Å². The number of carbonyl (C=O) groups is 2. The van der Waals surface area contributed by atoms with Crippen LogP contribution in [0.2, 0.25) is 0 Å². The zero-order valence-electron chi connectivity index (χ0n) is 16.4. The third kappa shape index (κ3) is 4.32. The summed E-state index contributed by atoms with van der Waals surface area (Å²) in [6.07, 6.45) is 0. The fourth-order valence-electron chi connectivity index (χ4n) is 2.92. The smallest absolute Gasteiger partial charge is 0.272 e. The predicted molar refractivity (Wildman–Crippen MR) is 111 cm³/mol. The molecular weight excluding hydrogens is 399 g/mol. The van der Waals surface area contributed by atoms with Crippen LogP contribution in [0.15, 0.2) is 77.2 Å². The lowest BCUT2D eigenvalue weighted by atomic mass is 10.1. The molecule has 0 unspecified atom stereocenters. The number of hydrogen-bond acceptors (Lipinski definition) is 5. The first-order chi connectivity index (χ1) is 15.0. The maximum Gasteiger partial charge on any atom is 0.272 e. The normalized spacial score (nSPS) is 10.5. The summed E-state index contributed by atoms with van der Waals surface area (Å²) in [5.41, 5.74) is 7.08. The van der Waals surface area contributed by atoms with Gasteiger partial charge in [-0.1, -0.05) is 30.3 Å². The molecule has 0 aliphatic rings. The van der Waals surface area contributed by atoms with Crippen molar-refractivity contribution in [2.75, 3.05) is 0 Å². The Morgan fingerprint density at radius 3 is 2.19 bits per heavy atom. The third-order valence-corrected chi connectivity index (χ3v) is 4.60. The molecule has 2 N–H and O–H groups in total. The summed E-state index contributed by atoms with van der Waals surface area (Å²) in [4.78, 5) is 24.3. The maximum absolute atomic E-state index is 13.6. The van der Waals surface area contributed by atoms with Crippen LogP contribution in [0.4, 0.5) is 4.39 Å². The van der Waals surface area contributed by atoms with Crippen LogP contribution in [0.5, 0.6) is 0 Å². The van der Waals surface area contributed by atoms with Crippen molar-refractivity contribution < 1.29 is 18.4 Å². The number of benzene rings is 3. The van der Waals surface area contributed by atoms with E-state index >= 15 is 0 Å². The Morgan fingerprint density at radius 1 is 0.806 bits per heavy atom. The van der Waals surface area contributed by atoms with Gasteiger partial charge in [-0.15, -0.1) is 10.2 Å². The molecule has 3 aromatic carbocycles. The van der Waals surface area contributed by atoms with Crippen LogP contribution >= 0.6 is 0 Å². The zero-order chi connectivity index (χ0) is 21.8. The number of nitrogens with zero attached hydrogens (tertiary/aromatic N) is 2. The Bertz CT molecular complexity index is 1250. The van der Waals surface area contributed by atoms with Crippen molar-refractivity contribution >= 4 is 11.8 Å². The number of hydrazine groups is 1. The first-order valence-corrected chi connectivity index (χ1v) is 9.38. The van der Waals surface area contributed by atoms with E-state index in [-0.39, 0.29) is 11.1 Å². The quantitative estimate of drug-likeness (QED) is 0.492. The van der Waals surface area contributed by atoms with E-state index in [1.807, 2.05) is 31.2 Å². The summed E-state index contributed by atoms with van der Waals surface area (Å²) in [7, 11) is 0. The van der Waals surface area contributed by atoms with Crippen molar-refractivity contribution in [2.24, 2.45) is 0 Å². The summed E-state index contributed by atoms with van der Waals surface area (Å²) in [6, 6.07) is 19.6.